The number of amides is 1. The largest absolute Gasteiger partial charge is 0.342 e. The maximum absolute atomic E-state index is 12.6. The third-order valence-electron chi connectivity index (χ3n) is 5.28. The molecule has 24 heavy (non-hydrogen) atoms. The molecule has 0 aliphatic carbocycles. The van der Waals surface area contributed by atoms with E-state index in [2.05, 4.69) is 59.5 Å². The Morgan fingerprint density at radius 2 is 1.67 bits per heavy atom. The van der Waals surface area contributed by atoms with Crippen LogP contribution in [-0.2, 0) is 11.3 Å². The van der Waals surface area contributed by atoms with Crippen molar-refractivity contribution in [1.29, 1.82) is 0 Å². The second kappa shape index (κ2) is 6.78. The van der Waals surface area contributed by atoms with Crippen molar-refractivity contribution in [2.75, 3.05) is 26.2 Å². The normalized spacial score (nSPS) is 20.8. The average Bonchev–Trinajstić information content (AvgIpc) is 3.17. The first-order valence-corrected chi connectivity index (χ1v) is 8.94. The number of hydrogen-bond donors (Lipinski definition) is 0. The quantitative estimate of drug-likeness (QED) is 0.867. The van der Waals surface area contributed by atoms with Crippen molar-refractivity contribution in [3.8, 4) is 0 Å². The summed E-state index contributed by atoms with van der Waals surface area (Å²) in [4.78, 5) is 16.9. The SMILES string of the molecule is O=C(CN1Cc2ccccc2[C@@H](c2ccccc2)C1)N1CCCC1. The van der Waals surface area contributed by atoms with Crippen LogP contribution in [0, 0.1) is 0 Å². The third-order valence-corrected chi connectivity index (χ3v) is 5.28. The summed E-state index contributed by atoms with van der Waals surface area (Å²) >= 11 is 0. The molecule has 1 saturated heterocycles. The minimum atomic E-state index is 0.290. The van der Waals surface area contributed by atoms with E-state index in [4.69, 9.17) is 0 Å². The van der Waals surface area contributed by atoms with E-state index in [1.54, 1.807) is 0 Å². The van der Waals surface area contributed by atoms with Crippen LogP contribution >= 0.6 is 0 Å². The van der Waals surface area contributed by atoms with Gasteiger partial charge in [0, 0.05) is 32.1 Å². The number of hydrogen-bond acceptors (Lipinski definition) is 2. The zero-order chi connectivity index (χ0) is 16.4. The summed E-state index contributed by atoms with van der Waals surface area (Å²) in [6.45, 7) is 4.20. The van der Waals surface area contributed by atoms with Crippen molar-refractivity contribution < 1.29 is 4.79 Å². The Morgan fingerprint density at radius 1 is 0.958 bits per heavy atom. The van der Waals surface area contributed by atoms with Crippen molar-refractivity contribution in [3.63, 3.8) is 0 Å². The zero-order valence-electron chi connectivity index (χ0n) is 14.0. The number of carbonyl (C=O) groups excluding carboxylic acids is 1. The van der Waals surface area contributed by atoms with Crippen molar-refractivity contribution in [3.05, 3.63) is 71.3 Å². The van der Waals surface area contributed by atoms with Crippen LogP contribution < -0.4 is 0 Å². The standard InChI is InChI=1S/C21H24N2O/c24-21(23-12-6-7-13-23)16-22-14-18-10-4-5-11-19(18)20(15-22)17-8-2-1-3-9-17/h1-5,8-11,20H,6-7,12-16H2/t20-/m1/s1. The van der Waals surface area contributed by atoms with Gasteiger partial charge in [-0.3, -0.25) is 9.69 Å². The molecule has 3 heteroatoms. The first-order valence-electron chi connectivity index (χ1n) is 8.94. The van der Waals surface area contributed by atoms with Crippen molar-refractivity contribution >= 4 is 5.91 Å². The molecule has 0 spiro atoms. The van der Waals surface area contributed by atoms with Gasteiger partial charge in [0.1, 0.15) is 0 Å². The Hall–Kier alpha value is -2.13. The Labute approximate surface area is 143 Å². The minimum absolute atomic E-state index is 0.290. The van der Waals surface area contributed by atoms with Gasteiger partial charge < -0.3 is 4.90 Å². The second-order valence-corrected chi connectivity index (χ2v) is 6.92. The molecule has 2 aromatic carbocycles. The molecule has 2 aliphatic rings. The fraction of sp³-hybridized carbons (Fsp3) is 0.381. The van der Waals surface area contributed by atoms with E-state index in [0.717, 1.165) is 39.0 Å². The van der Waals surface area contributed by atoms with E-state index in [1.165, 1.54) is 16.7 Å². The highest BCUT2D eigenvalue weighted by molar-refractivity contribution is 5.78. The molecule has 3 nitrogen and oxygen atoms in total. The molecule has 2 heterocycles. The molecule has 4 rings (SSSR count). The highest BCUT2D eigenvalue weighted by atomic mass is 16.2. The smallest absolute Gasteiger partial charge is 0.236 e. The lowest BCUT2D eigenvalue weighted by molar-refractivity contribution is -0.131. The summed E-state index contributed by atoms with van der Waals surface area (Å²) in [6.07, 6.45) is 2.31. The fourth-order valence-electron chi connectivity index (χ4n) is 4.03. The van der Waals surface area contributed by atoms with E-state index in [1.807, 2.05) is 4.90 Å². The summed E-state index contributed by atoms with van der Waals surface area (Å²) in [7, 11) is 0. The van der Waals surface area contributed by atoms with Gasteiger partial charge in [-0.25, -0.2) is 0 Å². The maximum atomic E-state index is 12.6. The molecule has 0 saturated carbocycles. The number of likely N-dealkylation sites (tertiary alicyclic amines) is 1. The van der Waals surface area contributed by atoms with Crippen LogP contribution in [0.1, 0.15) is 35.4 Å². The molecule has 2 aromatic rings. The molecular formula is C21H24N2O. The first kappa shape index (κ1) is 15.4. The van der Waals surface area contributed by atoms with Gasteiger partial charge >= 0.3 is 0 Å². The van der Waals surface area contributed by atoms with Gasteiger partial charge in [-0.05, 0) is 29.5 Å². The van der Waals surface area contributed by atoms with Gasteiger partial charge in [-0.15, -0.1) is 0 Å². The zero-order valence-corrected chi connectivity index (χ0v) is 14.0. The molecule has 0 bridgehead atoms. The maximum Gasteiger partial charge on any atom is 0.236 e. The van der Waals surface area contributed by atoms with Crippen molar-refractivity contribution in [2.45, 2.75) is 25.3 Å². The van der Waals surface area contributed by atoms with Crippen LogP contribution in [0.2, 0.25) is 0 Å². The highest BCUT2D eigenvalue weighted by Crippen LogP contribution is 2.33. The van der Waals surface area contributed by atoms with Crippen molar-refractivity contribution in [2.24, 2.45) is 0 Å². The highest BCUT2D eigenvalue weighted by Gasteiger charge is 2.28. The second-order valence-electron chi connectivity index (χ2n) is 6.92. The molecular weight excluding hydrogens is 296 g/mol. The van der Waals surface area contributed by atoms with E-state index in [-0.39, 0.29) is 0 Å². The monoisotopic (exact) mass is 320 g/mol. The van der Waals surface area contributed by atoms with Gasteiger partial charge in [0.05, 0.1) is 6.54 Å². The summed E-state index contributed by atoms with van der Waals surface area (Å²) < 4.78 is 0. The molecule has 0 unspecified atom stereocenters. The van der Waals surface area contributed by atoms with Gasteiger partial charge in [0.2, 0.25) is 5.91 Å². The summed E-state index contributed by atoms with van der Waals surface area (Å²) in [5.41, 5.74) is 4.10. The van der Waals surface area contributed by atoms with E-state index in [0.29, 0.717) is 18.4 Å². The Bertz CT molecular complexity index is 707. The molecule has 0 aromatic heterocycles. The average molecular weight is 320 g/mol. The lowest BCUT2D eigenvalue weighted by atomic mass is 9.84. The Kier molecular flexibility index (Phi) is 4.35. The molecule has 0 radical (unpaired) electrons. The summed E-state index contributed by atoms with van der Waals surface area (Å²) in [5.74, 6) is 0.640. The van der Waals surface area contributed by atoms with Crippen LogP contribution in [0.4, 0.5) is 0 Å². The van der Waals surface area contributed by atoms with Crippen LogP contribution in [-0.4, -0.2) is 41.9 Å². The summed E-state index contributed by atoms with van der Waals surface area (Å²) in [6, 6.07) is 19.4. The van der Waals surface area contributed by atoms with Gasteiger partial charge in [0.15, 0.2) is 0 Å². The predicted molar refractivity (Wildman–Crippen MR) is 95.8 cm³/mol. The van der Waals surface area contributed by atoms with Crippen LogP contribution in [0.5, 0.6) is 0 Å². The van der Waals surface area contributed by atoms with Crippen molar-refractivity contribution in [1.82, 2.24) is 9.80 Å². The Morgan fingerprint density at radius 3 is 2.46 bits per heavy atom. The fourth-order valence-corrected chi connectivity index (χ4v) is 4.03. The van der Waals surface area contributed by atoms with Crippen LogP contribution in [0.25, 0.3) is 0 Å². The number of rotatable bonds is 3. The predicted octanol–water partition coefficient (Wildman–Crippen LogP) is 3.26. The van der Waals surface area contributed by atoms with E-state index >= 15 is 0 Å². The number of fused-ring (bicyclic) bond motifs is 1. The third kappa shape index (κ3) is 3.09. The lowest BCUT2D eigenvalue weighted by Gasteiger charge is -2.35. The van der Waals surface area contributed by atoms with Gasteiger partial charge in [0.25, 0.3) is 0 Å². The minimum Gasteiger partial charge on any atom is -0.342 e. The lowest BCUT2D eigenvalue weighted by Crippen LogP contribution is -2.42. The van der Waals surface area contributed by atoms with Crippen LogP contribution in [0.15, 0.2) is 54.6 Å². The molecule has 1 fully saturated rings. The molecule has 2 aliphatic heterocycles. The summed E-state index contributed by atoms with van der Waals surface area (Å²) in [5, 5.41) is 0. The topological polar surface area (TPSA) is 23.6 Å². The number of benzene rings is 2. The van der Waals surface area contributed by atoms with Gasteiger partial charge in [-0.2, -0.15) is 0 Å². The molecule has 0 N–H and O–H groups in total. The molecule has 124 valence electrons. The van der Waals surface area contributed by atoms with Gasteiger partial charge in [-0.1, -0.05) is 54.6 Å². The molecule has 1 amide bonds. The number of nitrogens with zero attached hydrogens (tertiary/aromatic N) is 2. The van der Waals surface area contributed by atoms with Crippen LogP contribution in [0.3, 0.4) is 0 Å². The first-order chi connectivity index (χ1) is 11.8. The van der Waals surface area contributed by atoms with E-state index < -0.39 is 0 Å². The Balaban J connectivity index is 1.57. The van der Waals surface area contributed by atoms with E-state index in [9.17, 15) is 4.79 Å². The number of carbonyl (C=O) groups is 1. The molecule has 1 atom stereocenters.